The number of hydrogen-bond acceptors (Lipinski definition) is 4. The second-order valence-electron chi connectivity index (χ2n) is 3.09. The largest absolute Gasteiger partial charge is 0.495 e. The van der Waals surface area contributed by atoms with Crippen LogP contribution in [0, 0.1) is 0 Å². The normalized spacial score (nSPS) is 11.4. The van der Waals surface area contributed by atoms with E-state index in [4.69, 9.17) is 15.4 Å². The maximum absolute atomic E-state index is 12.0. The predicted molar refractivity (Wildman–Crippen MR) is 60.7 cm³/mol. The summed E-state index contributed by atoms with van der Waals surface area (Å²) in [7, 11) is 2.25. The van der Waals surface area contributed by atoms with E-state index in [2.05, 4.69) is 0 Å². The lowest BCUT2D eigenvalue weighted by Crippen LogP contribution is -2.20. The number of methoxy groups -OCH3 is 1. The number of hydrogen-bond donors (Lipinski definition) is 1. The molecule has 0 fully saturated rings. The van der Waals surface area contributed by atoms with E-state index in [1.165, 1.54) is 19.2 Å². The highest BCUT2D eigenvalue weighted by Gasteiger charge is 2.20. The van der Waals surface area contributed by atoms with Crippen LogP contribution in [0.4, 0.5) is 14.5 Å². The highest BCUT2D eigenvalue weighted by molar-refractivity contribution is 8.13. The fourth-order valence-electron chi connectivity index (χ4n) is 1.14. The van der Waals surface area contributed by atoms with Gasteiger partial charge in [0.05, 0.1) is 7.11 Å². The summed E-state index contributed by atoms with van der Waals surface area (Å²) in [5, 5.41) is 1.84. The third kappa shape index (κ3) is 3.54. The molecule has 0 atom stereocenters. The van der Waals surface area contributed by atoms with Crippen molar-refractivity contribution < 1.29 is 26.7 Å². The molecule has 1 amide bonds. The average Bonchev–Trinajstić information content (AvgIpc) is 2.27. The van der Waals surface area contributed by atoms with E-state index in [-0.39, 0.29) is 11.4 Å². The van der Waals surface area contributed by atoms with E-state index >= 15 is 0 Å². The Labute approximate surface area is 106 Å². The summed E-state index contributed by atoms with van der Waals surface area (Å²) in [5.74, 6) is -1.60. The number of carbonyl (C=O) groups is 1. The van der Waals surface area contributed by atoms with Gasteiger partial charge in [-0.05, 0) is 18.2 Å². The van der Waals surface area contributed by atoms with E-state index in [0.717, 1.165) is 6.07 Å². The van der Waals surface area contributed by atoms with Crippen LogP contribution in [-0.2, 0) is 13.8 Å². The molecular weight excluding hydrogens is 292 g/mol. The second-order valence-corrected chi connectivity index (χ2v) is 5.63. The van der Waals surface area contributed by atoms with Crippen molar-refractivity contribution in [2.24, 2.45) is 0 Å². The van der Waals surface area contributed by atoms with Crippen LogP contribution in [0.1, 0.15) is 0 Å². The first-order chi connectivity index (χ1) is 8.25. The molecule has 1 N–H and O–H groups in total. The van der Waals surface area contributed by atoms with Crippen LogP contribution >= 0.6 is 10.7 Å². The smallest absolute Gasteiger partial charge is 0.315 e. The van der Waals surface area contributed by atoms with Crippen molar-refractivity contribution in [2.75, 3.05) is 12.4 Å². The first-order valence-electron chi connectivity index (χ1n) is 4.47. The molecule has 1 rings (SSSR count). The standard InChI is InChI=1S/C9H8ClF2NO4S/c1-17-6-3-2-5(13-9(14)8(11)12)4-7(6)18(10,15)16/h2-4,8H,1H3,(H,13,14). The first kappa shape index (κ1) is 14.7. The summed E-state index contributed by atoms with van der Waals surface area (Å²) >= 11 is 0. The molecule has 18 heavy (non-hydrogen) atoms. The number of benzene rings is 1. The highest BCUT2D eigenvalue weighted by Crippen LogP contribution is 2.29. The SMILES string of the molecule is COc1ccc(NC(=O)C(F)F)cc1S(=O)(=O)Cl. The number of rotatable bonds is 4. The van der Waals surface area contributed by atoms with Gasteiger partial charge in [-0.1, -0.05) is 0 Å². The maximum Gasteiger partial charge on any atom is 0.315 e. The number of anilines is 1. The number of ether oxygens (including phenoxy) is 1. The van der Waals surface area contributed by atoms with Gasteiger partial charge in [-0.25, -0.2) is 8.42 Å². The molecule has 0 aliphatic rings. The molecule has 100 valence electrons. The molecule has 1 aromatic carbocycles. The molecule has 0 unspecified atom stereocenters. The van der Waals surface area contributed by atoms with Crippen molar-refractivity contribution in [3.63, 3.8) is 0 Å². The molecule has 0 spiro atoms. The van der Waals surface area contributed by atoms with E-state index in [1.54, 1.807) is 0 Å². The van der Waals surface area contributed by atoms with Crippen LogP contribution in [0.25, 0.3) is 0 Å². The summed E-state index contributed by atoms with van der Waals surface area (Å²) < 4.78 is 51.2. The topological polar surface area (TPSA) is 72.5 Å². The minimum absolute atomic E-state index is 0.0555. The monoisotopic (exact) mass is 299 g/mol. The zero-order valence-electron chi connectivity index (χ0n) is 8.98. The van der Waals surface area contributed by atoms with Crippen molar-refractivity contribution in [2.45, 2.75) is 11.3 Å². The van der Waals surface area contributed by atoms with Crippen molar-refractivity contribution in [3.8, 4) is 5.75 Å². The molecular formula is C9H8ClF2NO4S. The fourth-order valence-corrected chi connectivity index (χ4v) is 2.16. The average molecular weight is 300 g/mol. The molecule has 9 heteroatoms. The minimum atomic E-state index is -4.12. The Balaban J connectivity index is 3.16. The fraction of sp³-hybridized carbons (Fsp3) is 0.222. The summed E-state index contributed by atoms with van der Waals surface area (Å²) in [4.78, 5) is 10.3. The highest BCUT2D eigenvalue weighted by atomic mass is 35.7. The lowest BCUT2D eigenvalue weighted by molar-refractivity contribution is -0.126. The van der Waals surface area contributed by atoms with Crippen LogP contribution in [-0.4, -0.2) is 27.9 Å². The van der Waals surface area contributed by atoms with Crippen molar-refractivity contribution in [1.82, 2.24) is 0 Å². The maximum atomic E-state index is 12.0. The quantitative estimate of drug-likeness (QED) is 0.861. The van der Waals surface area contributed by atoms with Gasteiger partial charge in [0.1, 0.15) is 10.6 Å². The Morgan fingerprint density at radius 2 is 2.06 bits per heavy atom. The number of alkyl halides is 2. The zero-order chi connectivity index (χ0) is 13.9. The molecule has 0 saturated carbocycles. The summed E-state index contributed by atoms with van der Waals surface area (Å²) in [5.41, 5.74) is -0.125. The van der Waals surface area contributed by atoms with Gasteiger partial charge in [-0.15, -0.1) is 0 Å². The number of nitrogens with one attached hydrogen (secondary N) is 1. The summed E-state index contributed by atoms with van der Waals surface area (Å²) in [6.45, 7) is 0. The predicted octanol–water partition coefficient (Wildman–Crippen LogP) is 1.83. The number of halogens is 3. The van der Waals surface area contributed by atoms with Gasteiger partial charge in [0.15, 0.2) is 0 Å². The molecule has 5 nitrogen and oxygen atoms in total. The van der Waals surface area contributed by atoms with Gasteiger partial charge in [-0.2, -0.15) is 8.78 Å². The summed E-state index contributed by atoms with van der Waals surface area (Å²) in [6, 6.07) is 3.34. The van der Waals surface area contributed by atoms with E-state index in [1.807, 2.05) is 5.32 Å². The third-order valence-electron chi connectivity index (χ3n) is 1.89. The van der Waals surface area contributed by atoms with Crippen LogP contribution in [0.3, 0.4) is 0 Å². The van der Waals surface area contributed by atoms with Crippen molar-refractivity contribution >= 4 is 31.3 Å². The van der Waals surface area contributed by atoms with Gasteiger partial charge in [0, 0.05) is 16.4 Å². The molecule has 0 aliphatic heterocycles. The lowest BCUT2D eigenvalue weighted by atomic mass is 10.3. The van der Waals surface area contributed by atoms with Gasteiger partial charge >= 0.3 is 6.43 Å². The van der Waals surface area contributed by atoms with Gasteiger partial charge in [0.25, 0.3) is 15.0 Å². The molecule has 0 bridgehead atoms. The molecule has 1 aromatic rings. The Morgan fingerprint density at radius 1 is 1.44 bits per heavy atom. The van der Waals surface area contributed by atoms with Crippen LogP contribution in [0.2, 0.25) is 0 Å². The first-order valence-corrected chi connectivity index (χ1v) is 6.78. The zero-order valence-corrected chi connectivity index (χ0v) is 10.6. The Hall–Kier alpha value is -1.41. The molecule has 0 radical (unpaired) electrons. The van der Waals surface area contributed by atoms with Gasteiger partial charge < -0.3 is 10.1 Å². The van der Waals surface area contributed by atoms with Gasteiger partial charge in [0.2, 0.25) is 0 Å². The van der Waals surface area contributed by atoms with E-state index in [0.29, 0.717) is 0 Å². The second kappa shape index (κ2) is 5.49. The molecule has 0 saturated heterocycles. The van der Waals surface area contributed by atoms with Crippen molar-refractivity contribution in [3.05, 3.63) is 18.2 Å². The van der Waals surface area contributed by atoms with E-state index in [9.17, 15) is 22.0 Å². The van der Waals surface area contributed by atoms with Crippen LogP contribution in [0.5, 0.6) is 5.75 Å². The number of carbonyl (C=O) groups excluding carboxylic acids is 1. The lowest BCUT2D eigenvalue weighted by Gasteiger charge is -2.09. The minimum Gasteiger partial charge on any atom is -0.495 e. The number of amides is 1. The Kier molecular flexibility index (Phi) is 4.47. The summed E-state index contributed by atoms with van der Waals surface area (Å²) in [6.07, 6.45) is -3.21. The van der Waals surface area contributed by atoms with Crippen molar-refractivity contribution in [1.29, 1.82) is 0 Å². The van der Waals surface area contributed by atoms with Crippen LogP contribution < -0.4 is 10.1 Å². The Morgan fingerprint density at radius 3 is 2.50 bits per heavy atom. The molecule has 0 aliphatic carbocycles. The Bertz CT molecular complexity index is 562. The van der Waals surface area contributed by atoms with Gasteiger partial charge in [-0.3, -0.25) is 4.79 Å². The third-order valence-corrected chi connectivity index (χ3v) is 3.24. The van der Waals surface area contributed by atoms with E-state index < -0.39 is 26.3 Å². The molecule has 0 heterocycles. The molecule has 0 aromatic heterocycles. The van der Waals surface area contributed by atoms with Crippen LogP contribution in [0.15, 0.2) is 23.1 Å².